The zero-order chi connectivity index (χ0) is 13.8. The normalized spacial score (nSPS) is 24.8. The second-order valence-corrected chi connectivity index (χ2v) is 5.46. The lowest BCUT2D eigenvalue weighted by Gasteiger charge is -2.34. The third-order valence-corrected chi connectivity index (χ3v) is 4.25. The molecule has 0 aromatic carbocycles. The quantitative estimate of drug-likeness (QED) is 0.906. The molecule has 4 nitrogen and oxygen atoms in total. The number of rotatable bonds is 3. The van der Waals surface area contributed by atoms with Crippen molar-refractivity contribution in [2.24, 2.45) is 11.7 Å². The van der Waals surface area contributed by atoms with Gasteiger partial charge in [-0.3, -0.25) is 9.78 Å². The van der Waals surface area contributed by atoms with E-state index < -0.39 is 0 Å². The minimum atomic E-state index is -0.0111. The first-order valence-corrected chi connectivity index (χ1v) is 7.03. The lowest BCUT2D eigenvalue weighted by Crippen LogP contribution is -2.45. The third kappa shape index (κ3) is 3.13. The highest BCUT2D eigenvalue weighted by molar-refractivity contribution is 5.79. The van der Waals surface area contributed by atoms with Gasteiger partial charge in [0, 0.05) is 25.5 Å². The van der Waals surface area contributed by atoms with Gasteiger partial charge in [0.15, 0.2) is 0 Å². The summed E-state index contributed by atoms with van der Waals surface area (Å²) in [5.74, 6) is 0.166. The molecule has 0 saturated heterocycles. The fourth-order valence-electron chi connectivity index (χ4n) is 2.78. The summed E-state index contributed by atoms with van der Waals surface area (Å²) in [7, 11) is 1.87. The molecule has 1 aromatic rings. The van der Waals surface area contributed by atoms with Gasteiger partial charge in [-0.2, -0.15) is 0 Å². The van der Waals surface area contributed by atoms with Crippen LogP contribution in [0.3, 0.4) is 0 Å². The molecule has 2 rings (SSSR count). The van der Waals surface area contributed by atoms with Crippen LogP contribution in [-0.2, 0) is 4.79 Å². The van der Waals surface area contributed by atoms with Crippen LogP contribution < -0.4 is 5.73 Å². The Morgan fingerprint density at radius 3 is 2.63 bits per heavy atom. The van der Waals surface area contributed by atoms with E-state index >= 15 is 0 Å². The zero-order valence-electron chi connectivity index (χ0n) is 11.7. The van der Waals surface area contributed by atoms with Gasteiger partial charge in [0.1, 0.15) is 0 Å². The average Bonchev–Trinajstić information content (AvgIpc) is 2.46. The van der Waals surface area contributed by atoms with Crippen molar-refractivity contribution >= 4 is 5.91 Å². The Hall–Kier alpha value is -1.42. The van der Waals surface area contributed by atoms with Gasteiger partial charge in [-0.25, -0.2) is 0 Å². The van der Waals surface area contributed by atoms with Crippen molar-refractivity contribution in [3.63, 3.8) is 0 Å². The summed E-state index contributed by atoms with van der Waals surface area (Å²) < 4.78 is 0. The summed E-state index contributed by atoms with van der Waals surface area (Å²) in [5, 5.41) is 0. The second-order valence-electron chi connectivity index (χ2n) is 5.46. The van der Waals surface area contributed by atoms with Gasteiger partial charge in [-0.1, -0.05) is 12.8 Å². The molecule has 1 aromatic heterocycles. The summed E-state index contributed by atoms with van der Waals surface area (Å²) in [6.45, 7) is 2.04. The second kappa shape index (κ2) is 6.15. The number of carbonyl (C=O) groups is 1. The highest BCUT2D eigenvalue weighted by Crippen LogP contribution is 2.27. The van der Waals surface area contributed by atoms with Crippen molar-refractivity contribution < 1.29 is 4.79 Å². The molecule has 0 aliphatic heterocycles. The van der Waals surface area contributed by atoms with Gasteiger partial charge in [0.2, 0.25) is 5.91 Å². The predicted octanol–water partition coefficient (Wildman–Crippen LogP) is 2.12. The van der Waals surface area contributed by atoms with Crippen LogP contribution in [0.2, 0.25) is 0 Å². The first-order valence-electron chi connectivity index (χ1n) is 7.03. The van der Waals surface area contributed by atoms with Crippen LogP contribution in [0.5, 0.6) is 0 Å². The van der Waals surface area contributed by atoms with E-state index in [1.807, 2.05) is 31.0 Å². The SMILES string of the molecule is CC(c1ccncc1)N(C)C(=O)C1CCCCC1N. The lowest BCUT2D eigenvalue weighted by molar-refractivity contribution is -0.137. The van der Waals surface area contributed by atoms with Crippen molar-refractivity contribution in [1.82, 2.24) is 9.88 Å². The maximum absolute atomic E-state index is 12.6. The molecule has 1 saturated carbocycles. The van der Waals surface area contributed by atoms with Gasteiger partial charge in [0.25, 0.3) is 0 Å². The molecule has 19 heavy (non-hydrogen) atoms. The van der Waals surface area contributed by atoms with Crippen LogP contribution >= 0.6 is 0 Å². The van der Waals surface area contributed by atoms with Crippen LogP contribution in [0.25, 0.3) is 0 Å². The van der Waals surface area contributed by atoms with Gasteiger partial charge >= 0.3 is 0 Å². The van der Waals surface area contributed by atoms with Gasteiger partial charge in [-0.15, -0.1) is 0 Å². The number of amides is 1. The molecule has 1 amide bonds. The molecule has 4 heteroatoms. The standard InChI is InChI=1S/C15H23N3O/c1-11(12-7-9-17-10-8-12)18(2)15(19)13-5-3-4-6-14(13)16/h7-11,13-14H,3-6,16H2,1-2H3. The predicted molar refractivity (Wildman–Crippen MR) is 75.4 cm³/mol. The van der Waals surface area contributed by atoms with E-state index in [0.717, 1.165) is 31.2 Å². The van der Waals surface area contributed by atoms with Crippen molar-refractivity contribution in [2.45, 2.75) is 44.7 Å². The summed E-state index contributed by atoms with van der Waals surface area (Å²) in [6.07, 6.45) is 7.67. The zero-order valence-corrected chi connectivity index (χ0v) is 11.7. The molecule has 3 atom stereocenters. The number of nitrogens with two attached hydrogens (primary N) is 1. The molecular formula is C15H23N3O. The fraction of sp³-hybridized carbons (Fsp3) is 0.600. The third-order valence-electron chi connectivity index (χ3n) is 4.25. The Morgan fingerprint density at radius 2 is 2.00 bits per heavy atom. The number of hydrogen-bond donors (Lipinski definition) is 1. The Balaban J connectivity index is 2.06. The van der Waals surface area contributed by atoms with E-state index in [4.69, 9.17) is 5.73 Å². The highest BCUT2D eigenvalue weighted by Gasteiger charge is 2.32. The summed E-state index contributed by atoms with van der Waals surface area (Å²) in [4.78, 5) is 18.4. The van der Waals surface area contributed by atoms with E-state index in [9.17, 15) is 4.79 Å². The van der Waals surface area contributed by atoms with Crippen LogP contribution in [0, 0.1) is 5.92 Å². The van der Waals surface area contributed by atoms with E-state index in [1.165, 1.54) is 0 Å². The number of carbonyl (C=O) groups excluding carboxylic acids is 1. The summed E-state index contributed by atoms with van der Waals surface area (Å²) in [5.41, 5.74) is 7.21. The molecular weight excluding hydrogens is 238 g/mol. The number of hydrogen-bond acceptors (Lipinski definition) is 3. The Morgan fingerprint density at radius 1 is 1.37 bits per heavy atom. The minimum absolute atomic E-state index is 0.0111. The molecule has 104 valence electrons. The smallest absolute Gasteiger partial charge is 0.227 e. The maximum atomic E-state index is 12.6. The molecule has 0 bridgehead atoms. The molecule has 1 fully saturated rings. The molecule has 1 heterocycles. The van der Waals surface area contributed by atoms with Gasteiger partial charge in [0.05, 0.1) is 12.0 Å². The fourth-order valence-corrected chi connectivity index (χ4v) is 2.78. The molecule has 1 aliphatic carbocycles. The van der Waals surface area contributed by atoms with Gasteiger partial charge < -0.3 is 10.6 Å². The molecule has 3 unspecified atom stereocenters. The highest BCUT2D eigenvalue weighted by atomic mass is 16.2. The molecule has 0 spiro atoms. The van der Waals surface area contributed by atoms with Crippen molar-refractivity contribution in [1.29, 1.82) is 0 Å². The molecule has 2 N–H and O–H groups in total. The first kappa shape index (κ1) is 14.0. The number of aromatic nitrogens is 1. The van der Waals surface area contributed by atoms with Crippen molar-refractivity contribution in [3.05, 3.63) is 30.1 Å². The average molecular weight is 261 g/mol. The Bertz CT molecular complexity index is 421. The largest absolute Gasteiger partial charge is 0.339 e. The van der Waals surface area contributed by atoms with E-state index in [-0.39, 0.29) is 23.9 Å². The van der Waals surface area contributed by atoms with Crippen LogP contribution in [0.1, 0.15) is 44.2 Å². The number of nitrogens with zero attached hydrogens (tertiary/aromatic N) is 2. The topological polar surface area (TPSA) is 59.2 Å². The summed E-state index contributed by atoms with van der Waals surface area (Å²) in [6, 6.07) is 3.99. The van der Waals surface area contributed by atoms with E-state index in [1.54, 1.807) is 12.4 Å². The van der Waals surface area contributed by atoms with Crippen molar-refractivity contribution in [3.8, 4) is 0 Å². The number of pyridine rings is 1. The Labute approximate surface area is 115 Å². The first-order chi connectivity index (χ1) is 9.11. The molecule has 1 aliphatic rings. The van der Waals surface area contributed by atoms with E-state index in [2.05, 4.69) is 4.98 Å². The van der Waals surface area contributed by atoms with Crippen LogP contribution in [0.4, 0.5) is 0 Å². The van der Waals surface area contributed by atoms with Crippen LogP contribution in [-0.4, -0.2) is 28.9 Å². The minimum Gasteiger partial charge on any atom is -0.339 e. The van der Waals surface area contributed by atoms with Crippen LogP contribution in [0.15, 0.2) is 24.5 Å². The van der Waals surface area contributed by atoms with E-state index in [0.29, 0.717) is 0 Å². The van der Waals surface area contributed by atoms with Gasteiger partial charge in [-0.05, 0) is 37.5 Å². The molecule has 0 radical (unpaired) electrons. The monoisotopic (exact) mass is 261 g/mol. The van der Waals surface area contributed by atoms with Crippen molar-refractivity contribution in [2.75, 3.05) is 7.05 Å². The lowest BCUT2D eigenvalue weighted by atomic mass is 9.84. The summed E-state index contributed by atoms with van der Waals surface area (Å²) >= 11 is 0. The Kier molecular flexibility index (Phi) is 4.53. The maximum Gasteiger partial charge on any atom is 0.227 e.